The van der Waals surface area contributed by atoms with Gasteiger partial charge in [-0.3, -0.25) is 9.78 Å². The Balaban J connectivity index is 2.22. The van der Waals surface area contributed by atoms with Gasteiger partial charge in [0.2, 0.25) is 5.91 Å². The van der Waals surface area contributed by atoms with Crippen LogP contribution in [0.2, 0.25) is 0 Å². The lowest BCUT2D eigenvalue weighted by Gasteiger charge is -2.23. The van der Waals surface area contributed by atoms with Crippen molar-refractivity contribution < 1.29 is 23.7 Å². The van der Waals surface area contributed by atoms with E-state index in [2.05, 4.69) is 10.3 Å². The molecule has 0 spiro atoms. The van der Waals surface area contributed by atoms with Crippen LogP contribution in [-0.2, 0) is 4.79 Å². The molecule has 0 unspecified atom stereocenters. The van der Waals surface area contributed by atoms with Crippen LogP contribution < -0.4 is 24.3 Å². The Morgan fingerprint density at radius 2 is 1.45 bits per heavy atom. The van der Waals surface area contributed by atoms with Gasteiger partial charge in [-0.2, -0.15) is 0 Å². The third-order valence-corrected chi connectivity index (χ3v) is 5.12. The number of amides is 1. The van der Waals surface area contributed by atoms with Gasteiger partial charge in [0.1, 0.15) is 0 Å². The highest BCUT2D eigenvalue weighted by molar-refractivity contribution is 5.89. The summed E-state index contributed by atoms with van der Waals surface area (Å²) in [5.41, 5.74) is 1.51. The van der Waals surface area contributed by atoms with E-state index < -0.39 is 6.04 Å². The molecule has 1 N–H and O–H groups in total. The van der Waals surface area contributed by atoms with Crippen LogP contribution in [0.25, 0.3) is 10.8 Å². The Morgan fingerprint density at radius 3 is 2.06 bits per heavy atom. The molecule has 1 amide bonds. The van der Waals surface area contributed by atoms with Gasteiger partial charge in [0.15, 0.2) is 23.0 Å². The Kier molecular flexibility index (Phi) is 6.84. The highest BCUT2D eigenvalue weighted by Gasteiger charge is 2.24. The SMILES string of the molecule is COc1ccc([C@@H](NC(=O)C(C)C)c2nccc3cc(OC)c(OC)cc23)cc1OC. The third-order valence-electron chi connectivity index (χ3n) is 5.12. The molecular formula is C24H28N2O5. The van der Waals surface area contributed by atoms with Gasteiger partial charge in [0.05, 0.1) is 40.2 Å². The number of rotatable bonds is 8. The predicted octanol–water partition coefficient (Wildman–Crippen LogP) is 4.13. The topological polar surface area (TPSA) is 78.9 Å². The number of fused-ring (bicyclic) bond motifs is 1. The van der Waals surface area contributed by atoms with Crippen LogP contribution in [0.1, 0.15) is 31.1 Å². The molecule has 0 aliphatic carbocycles. The molecule has 164 valence electrons. The minimum absolute atomic E-state index is 0.0842. The second kappa shape index (κ2) is 9.55. The molecule has 0 saturated carbocycles. The molecule has 31 heavy (non-hydrogen) atoms. The molecule has 7 heteroatoms. The minimum Gasteiger partial charge on any atom is -0.493 e. The van der Waals surface area contributed by atoms with Crippen LogP contribution in [0.3, 0.4) is 0 Å². The quantitative estimate of drug-likeness (QED) is 0.586. The van der Waals surface area contributed by atoms with E-state index >= 15 is 0 Å². The van der Waals surface area contributed by atoms with Crippen LogP contribution in [0, 0.1) is 5.92 Å². The first-order valence-electron chi connectivity index (χ1n) is 9.96. The summed E-state index contributed by atoms with van der Waals surface area (Å²) in [6.07, 6.45) is 1.72. The summed E-state index contributed by atoms with van der Waals surface area (Å²) in [5.74, 6) is 2.12. The van der Waals surface area contributed by atoms with Crippen LogP contribution >= 0.6 is 0 Å². The maximum Gasteiger partial charge on any atom is 0.223 e. The summed E-state index contributed by atoms with van der Waals surface area (Å²) < 4.78 is 21.8. The van der Waals surface area contributed by atoms with E-state index in [-0.39, 0.29) is 11.8 Å². The van der Waals surface area contributed by atoms with Gasteiger partial charge in [-0.1, -0.05) is 19.9 Å². The van der Waals surface area contributed by atoms with Gasteiger partial charge in [-0.05, 0) is 41.3 Å². The molecule has 7 nitrogen and oxygen atoms in total. The Morgan fingerprint density at radius 1 is 0.839 bits per heavy atom. The summed E-state index contributed by atoms with van der Waals surface area (Å²) in [5, 5.41) is 4.90. The maximum atomic E-state index is 12.7. The van der Waals surface area contributed by atoms with Crippen LogP contribution in [0.4, 0.5) is 0 Å². The highest BCUT2D eigenvalue weighted by atomic mass is 16.5. The van der Waals surface area contributed by atoms with Crippen molar-refractivity contribution in [3.63, 3.8) is 0 Å². The van der Waals surface area contributed by atoms with Crippen molar-refractivity contribution in [1.29, 1.82) is 0 Å². The lowest BCUT2D eigenvalue weighted by molar-refractivity contribution is -0.124. The monoisotopic (exact) mass is 424 g/mol. The molecule has 1 aromatic heterocycles. The number of nitrogens with one attached hydrogen (secondary N) is 1. The molecular weight excluding hydrogens is 396 g/mol. The average Bonchev–Trinajstić information content (AvgIpc) is 2.80. The smallest absolute Gasteiger partial charge is 0.223 e. The van der Waals surface area contributed by atoms with Gasteiger partial charge in [0.25, 0.3) is 0 Å². The number of pyridine rings is 1. The van der Waals surface area contributed by atoms with Crippen LogP contribution in [-0.4, -0.2) is 39.3 Å². The second-order valence-corrected chi connectivity index (χ2v) is 7.34. The van der Waals surface area contributed by atoms with Crippen LogP contribution in [0.15, 0.2) is 42.6 Å². The molecule has 1 heterocycles. The first kappa shape index (κ1) is 22.2. The van der Waals surface area contributed by atoms with E-state index in [1.54, 1.807) is 34.6 Å². The number of hydrogen-bond donors (Lipinski definition) is 1. The van der Waals surface area contributed by atoms with Crippen molar-refractivity contribution in [3.8, 4) is 23.0 Å². The maximum absolute atomic E-state index is 12.7. The average molecular weight is 424 g/mol. The zero-order valence-electron chi connectivity index (χ0n) is 18.7. The molecule has 0 aliphatic rings. The van der Waals surface area contributed by atoms with E-state index in [0.717, 1.165) is 16.3 Å². The summed E-state index contributed by atoms with van der Waals surface area (Å²) in [6, 6.07) is 10.7. The third kappa shape index (κ3) is 4.50. The van der Waals surface area contributed by atoms with Crippen molar-refractivity contribution in [2.45, 2.75) is 19.9 Å². The molecule has 0 saturated heterocycles. The van der Waals surface area contributed by atoms with Crippen molar-refractivity contribution in [3.05, 3.63) is 53.9 Å². The largest absolute Gasteiger partial charge is 0.493 e. The number of ether oxygens (including phenoxy) is 4. The van der Waals surface area contributed by atoms with E-state index in [0.29, 0.717) is 28.7 Å². The summed E-state index contributed by atoms with van der Waals surface area (Å²) in [6.45, 7) is 3.71. The predicted molar refractivity (Wildman–Crippen MR) is 119 cm³/mol. The number of hydrogen-bond acceptors (Lipinski definition) is 6. The van der Waals surface area contributed by atoms with Gasteiger partial charge >= 0.3 is 0 Å². The molecule has 0 aliphatic heterocycles. The fourth-order valence-electron chi connectivity index (χ4n) is 3.40. The van der Waals surface area contributed by atoms with Crippen molar-refractivity contribution in [1.82, 2.24) is 10.3 Å². The van der Waals surface area contributed by atoms with Crippen LogP contribution in [0.5, 0.6) is 23.0 Å². The fourth-order valence-corrected chi connectivity index (χ4v) is 3.40. The molecule has 0 fully saturated rings. The number of benzene rings is 2. The molecule has 1 atom stereocenters. The number of aromatic nitrogens is 1. The van der Waals surface area contributed by atoms with E-state index in [9.17, 15) is 4.79 Å². The Labute approximate surface area is 182 Å². The Bertz CT molecular complexity index is 1080. The fraction of sp³-hybridized carbons (Fsp3) is 0.333. The number of carbonyl (C=O) groups excluding carboxylic acids is 1. The molecule has 0 bridgehead atoms. The standard InChI is InChI=1S/C24H28N2O5/c1-14(2)24(27)26-22(16-7-8-18(28-3)19(12-16)29-4)23-17-13-21(31-6)20(30-5)11-15(17)9-10-25-23/h7-14,22H,1-6H3,(H,26,27)/t22-/m1/s1. The molecule has 2 aromatic carbocycles. The summed E-state index contributed by atoms with van der Waals surface area (Å²) in [4.78, 5) is 17.3. The normalized spacial score (nSPS) is 11.8. The van der Waals surface area contributed by atoms with Crippen molar-refractivity contribution in [2.75, 3.05) is 28.4 Å². The lowest BCUT2D eigenvalue weighted by atomic mass is 9.97. The second-order valence-electron chi connectivity index (χ2n) is 7.34. The van der Waals surface area contributed by atoms with Gasteiger partial charge < -0.3 is 24.3 Å². The molecule has 0 radical (unpaired) electrons. The van der Waals surface area contributed by atoms with E-state index in [1.807, 2.05) is 50.2 Å². The number of carbonyl (C=O) groups is 1. The lowest BCUT2D eigenvalue weighted by Crippen LogP contribution is -2.33. The zero-order chi connectivity index (χ0) is 22.5. The minimum atomic E-state index is -0.503. The van der Waals surface area contributed by atoms with E-state index in [4.69, 9.17) is 18.9 Å². The summed E-state index contributed by atoms with van der Waals surface area (Å²) >= 11 is 0. The molecule has 3 aromatic rings. The summed E-state index contributed by atoms with van der Waals surface area (Å²) in [7, 11) is 6.35. The number of methoxy groups -OCH3 is 4. The van der Waals surface area contributed by atoms with Crippen molar-refractivity contribution >= 4 is 16.7 Å². The Hall–Kier alpha value is -3.48. The van der Waals surface area contributed by atoms with E-state index in [1.165, 1.54) is 0 Å². The van der Waals surface area contributed by atoms with Gasteiger partial charge in [-0.25, -0.2) is 0 Å². The first-order valence-corrected chi connectivity index (χ1v) is 9.96. The van der Waals surface area contributed by atoms with Crippen molar-refractivity contribution in [2.24, 2.45) is 5.92 Å². The number of nitrogens with zero attached hydrogens (tertiary/aromatic N) is 1. The van der Waals surface area contributed by atoms with Gasteiger partial charge in [-0.15, -0.1) is 0 Å². The highest BCUT2D eigenvalue weighted by Crippen LogP contribution is 2.37. The zero-order valence-corrected chi connectivity index (χ0v) is 18.7. The first-order chi connectivity index (χ1) is 14.9. The van der Waals surface area contributed by atoms with Gasteiger partial charge in [0, 0.05) is 17.5 Å². The molecule has 3 rings (SSSR count).